The van der Waals surface area contributed by atoms with Crippen LogP contribution in [0.2, 0.25) is 0 Å². The molecule has 0 aliphatic carbocycles. The number of amides is 1. The molecule has 3 nitrogen and oxygen atoms in total. The van der Waals surface area contributed by atoms with E-state index >= 15 is 0 Å². The van der Waals surface area contributed by atoms with Gasteiger partial charge in [0.2, 0.25) is 5.91 Å². The molecule has 2 fully saturated rings. The molecule has 2 aliphatic rings. The fraction of sp³-hybridized carbons (Fsp3) is 0.562. The third-order valence-electron chi connectivity index (χ3n) is 4.30. The lowest BCUT2D eigenvalue weighted by Gasteiger charge is -2.34. The second-order valence-corrected chi connectivity index (χ2v) is 5.92. The number of rotatable bonds is 2. The predicted molar refractivity (Wildman–Crippen MR) is 73.7 cm³/mol. The summed E-state index contributed by atoms with van der Waals surface area (Å²) in [5.74, 6) is 0.274. The lowest BCUT2D eigenvalue weighted by molar-refractivity contribution is -0.133. The van der Waals surface area contributed by atoms with Gasteiger partial charge in [0.15, 0.2) is 0 Å². The Kier molecular flexibility index (Phi) is 3.74. The van der Waals surface area contributed by atoms with E-state index in [1.54, 1.807) is 12.1 Å². The Morgan fingerprint density at radius 2 is 2.35 bits per heavy atom. The van der Waals surface area contributed by atoms with Gasteiger partial charge in [-0.3, -0.25) is 4.79 Å². The van der Waals surface area contributed by atoms with Crippen LogP contribution in [-0.2, 0) is 16.0 Å². The number of piperidine rings is 1. The van der Waals surface area contributed by atoms with Crippen LogP contribution in [0.4, 0.5) is 4.39 Å². The summed E-state index contributed by atoms with van der Waals surface area (Å²) >= 11 is 0. The Hall–Kier alpha value is -1.42. The smallest absolute Gasteiger partial charge is 0.227 e. The predicted octanol–water partition coefficient (Wildman–Crippen LogP) is 2.39. The van der Waals surface area contributed by atoms with Crippen LogP contribution >= 0.6 is 0 Å². The highest BCUT2D eigenvalue weighted by atomic mass is 19.1. The Bertz CT molecular complexity index is 505. The monoisotopic (exact) mass is 277 g/mol. The number of benzene rings is 1. The Morgan fingerprint density at radius 1 is 1.50 bits per heavy atom. The summed E-state index contributed by atoms with van der Waals surface area (Å²) in [4.78, 5) is 14.2. The molecule has 0 saturated carbocycles. The first-order chi connectivity index (χ1) is 9.61. The summed E-state index contributed by atoms with van der Waals surface area (Å²) in [7, 11) is 0. The normalized spacial score (nSPS) is 29.3. The van der Waals surface area contributed by atoms with E-state index < -0.39 is 0 Å². The Labute approximate surface area is 118 Å². The van der Waals surface area contributed by atoms with Gasteiger partial charge in [0.25, 0.3) is 0 Å². The van der Waals surface area contributed by atoms with Crippen LogP contribution in [0.15, 0.2) is 24.3 Å². The number of halogens is 1. The lowest BCUT2D eigenvalue weighted by atomic mass is 9.92. The van der Waals surface area contributed by atoms with Crippen molar-refractivity contribution in [3.8, 4) is 0 Å². The van der Waals surface area contributed by atoms with Gasteiger partial charge in [-0.05, 0) is 37.5 Å². The summed E-state index contributed by atoms with van der Waals surface area (Å²) in [5.41, 5.74) is 0.744. The molecule has 0 aromatic heterocycles. The van der Waals surface area contributed by atoms with E-state index in [4.69, 9.17) is 4.74 Å². The highest BCUT2D eigenvalue weighted by molar-refractivity contribution is 5.78. The molecule has 1 amide bonds. The maximum absolute atomic E-state index is 13.1. The van der Waals surface area contributed by atoms with Crippen molar-refractivity contribution in [2.75, 3.05) is 13.1 Å². The lowest BCUT2D eigenvalue weighted by Crippen LogP contribution is -2.45. The zero-order chi connectivity index (χ0) is 14.1. The number of hydrogen-bond donors (Lipinski definition) is 0. The van der Waals surface area contributed by atoms with E-state index in [1.807, 2.05) is 4.90 Å². The van der Waals surface area contributed by atoms with Gasteiger partial charge in [0, 0.05) is 19.0 Å². The standard InChI is InChI=1S/C16H20FNO2/c1-11-7-13-10-18(6-5-15(13)20-11)16(19)9-12-3-2-4-14(17)8-12/h2-4,8,11,13,15H,5-7,9-10H2,1H3/t11-,13-,15-/m1/s1. The summed E-state index contributed by atoms with van der Waals surface area (Å²) in [6, 6.07) is 6.29. The highest BCUT2D eigenvalue weighted by Crippen LogP contribution is 2.32. The van der Waals surface area contributed by atoms with E-state index in [1.165, 1.54) is 12.1 Å². The van der Waals surface area contributed by atoms with Crippen LogP contribution in [0.5, 0.6) is 0 Å². The van der Waals surface area contributed by atoms with Crippen molar-refractivity contribution in [2.24, 2.45) is 5.92 Å². The van der Waals surface area contributed by atoms with Gasteiger partial charge in [0.1, 0.15) is 5.82 Å². The summed E-state index contributed by atoms with van der Waals surface area (Å²) in [6.07, 6.45) is 2.87. The van der Waals surface area contributed by atoms with Gasteiger partial charge in [0.05, 0.1) is 18.6 Å². The van der Waals surface area contributed by atoms with Crippen LogP contribution in [0.1, 0.15) is 25.3 Å². The molecule has 3 atom stereocenters. The van der Waals surface area contributed by atoms with Crippen molar-refractivity contribution in [2.45, 2.75) is 38.4 Å². The highest BCUT2D eigenvalue weighted by Gasteiger charge is 2.38. The maximum Gasteiger partial charge on any atom is 0.227 e. The fourth-order valence-electron chi connectivity index (χ4n) is 3.36. The second kappa shape index (κ2) is 5.52. The van der Waals surface area contributed by atoms with Crippen molar-refractivity contribution in [3.63, 3.8) is 0 Å². The average molecular weight is 277 g/mol. The molecule has 1 aromatic rings. The van der Waals surface area contributed by atoms with Crippen LogP contribution in [-0.4, -0.2) is 36.1 Å². The van der Waals surface area contributed by atoms with Gasteiger partial charge in [-0.2, -0.15) is 0 Å². The van der Waals surface area contributed by atoms with Crippen molar-refractivity contribution < 1.29 is 13.9 Å². The van der Waals surface area contributed by atoms with Crippen LogP contribution in [0, 0.1) is 11.7 Å². The first-order valence-electron chi connectivity index (χ1n) is 7.29. The Balaban J connectivity index is 1.61. The van der Waals surface area contributed by atoms with E-state index in [0.29, 0.717) is 18.1 Å². The third-order valence-corrected chi connectivity index (χ3v) is 4.30. The average Bonchev–Trinajstić information content (AvgIpc) is 2.77. The minimum Gasteiger partial charge on any atom is -0.375 e. The molecule has 0 bridgehead atoms. The third kappa shape index (κ3) is 2.85. The zero-order valence-corrected chi connectivity index (χ0v) is 11.7. The molecule has 20 heavy (non-hydrogen) atoms. The molecule has 0 unspecified atom stereocenters. The maximum atomic E-state index is 13.1. The number of likely N-dealkylation sites (tertiary alicyclic amines) is 1. The van der Waals surface area contributed by atoms with Gasteiger partial charge < -0.3 is 9.64 Å². The van der Waals surface area contributed by atoms with Gasteiger partial charge in [-0.1, -0.05) is 12.1 Å². The largest absolute Gasteiger partial charge is 0.375 e. The molecule has 3 rings (SSSR count). The first-order valence-corrected chi connectivity index (χ1v) is 7.29. The molecule has 4 heteroatoms. The van der Waals surface area contributed by atoms with E-state index in [9.17, 15) is 9.18 Å². The molecule has 2 saturated heterocycles. The second-order valence-electron chi connectivity index (χ2n) is 5.92. The number of carbonyl (C=O) groups is 1. The quantitative estimate of drug-likeness (QED) is 0.830. The Morgan fingerprint density at radius 3 is 3.15 bits per heavy atom. The van der Waals surface area contributed by atoms with Crippen molar-refractivity contribution >= 4 is 5.91 Å². The van der Waals surface area contributed by atoms with E-state index in [-0.39, 0.29) is 18.1 Å². The SMILES string of the molecule is C[C@@H]1C[C@@H]2CN(C(=O)Cc3cccc(F)c3)CC[C@H]2O1. The van der Waals surface area contributed by atoms with Crippen LogP contribution in [0.3, 0.4) is 0 Å². The van der Waals surface area contributed by atoms with E-state index in [2.05, 4.69) is 6.92 Å². The molecule has 0 N–H and O–H groups in total. The van der Waals surface area contributed by atoms with Gasteiger partial charge >= 0.3 is 0 Å². The molecular formula is C16H20FNO2. The van der Waals surface area contributed by atoms with Crippen molar-refractivity contribution in [1.29, 1.82) is 0 Å². The molecule has 2 aliphatic heterocycles. The number of hydrogen-bond acceptors (Lipinski definition) is 2. The van der Waals surface area contributed by atoms with Gasteiger partial charge in [-0.15, -0.1) is 0 Å². The number of carbonyl (C=O) groups excluding carboxylic acids is 1. The molecular weight excluding hydrogens is 257 g/mol. The number of nitrogens with zero attached hydrogens (tertiary/aromatic N) is 1. The number of fused-ring (bicyclic) bond motifs is 1. The zero-order valence-electron chi connectivity index (χ0n) is 11.7. The summed E-state index contributed by atoms with van der Waals surface area (Å²) < 4.78 is 19.0. The van der Waals surface area contributed by atoms with Crippen LogP contribution < -0.4 is 0 Å². The van der Waals surface area contributed by atoms with E-state index in [0.717, 1.165) is 31.5 Å². The molecule has 1 aromatic carbocycles. The minimum atomic E-state index is -0.285. The minimum absolute atomic E-state index is 0.0913. The van der Waals surface area contributed by atoms with Crippen molar-refractivity contribution in [1.82, 2.24) is 4.90 Å². The molecule has 0 radical (unpaired) electrons. The first kappa shape index (κ1) is 13.6. The molecule has 108 valence electrons. The topological polar surface area (TPSA) is 29.5 Å². The van der Waals surface area contributed by atoms with Gasteiger partial charge in [-0.25, -0.2) is 4.39 Å². The molecule has 2 heterocycles. The van der Waals surface area contributed by atoms with Crippen LogP contribution in [0.25, 0.3) is 0 Å². The molecule has 0 spiro atoms. The summed E-state index contributed by atoms with van der Waals surface area (Å²) in [5, 5.41) is 0. The van der Waals surface area contributed by atoms with Crippen molar-refractivity contribution in [3.05, 3.63) is 35.6 Å². The number of ether oxygens (including phenoxy) is 1. The summed E-state index contributed by atoms with van der Waals surface area (Å²) in [6.45, 7) is 3.63. The fourth-order valence-corrected chi connectivity index (χ4v) is 3.36.